The molecule has 4 rings (SSSR count). The number of ether oxygens (including phenoxy) is 3. The molecule has 0 N–H and O–H groups in total. The lowest BCUT2D eigenvalue weighted by Crippen LogP contribution is -2.28. The average molecular weight is 466 g/mol. The Bertz CT molecular complexity index is 1440. The lowest BCUT2D eigenvalue weighted by Gasteiger charge is -2.09. The molecule has 2 aromatic carbocycles. The highest BCUT2D eigenvalue weighted by Crippen LogP contribution is 2.28. The Morgan fingerprint density at radius 3 is 2.48 bits per heavy atom. The molecular formula is C24H23N3O5S. The summed E-state index contributed by atoms with van der Waals surface area (Å²) in [6.07, 6.45) is 2.90. The van der Waals surface area contributed by atoms with E-state index in [0.29, 0.717) is 22.6 Å². The predicted octanol–water partition coefficient (Wildman–Crippen LogP) is 2.46. The number of aromatic nitrogens is 3. The number of rotatable bonds is 8. The zero-order chi connectivity index (χ0) is 23.4. The second-order valence-corrected chi connectivity index (χ2v) is 8.27. The molecule has 33 heavy (non-hydrogen) atoms. The number of hydrogen-bond acceptors (Lipinski definition) is 8. The zero-order valence-electron chi connectivity index (χ0n) is 18.5. The maximum atomic E-state index is 12.9. The summed E-state index contributed by atoms with van der Waals surface area (Å²) in [6, 6.07) is 12.8. The number of methoxy groups -OCH3 is 2. The quantitative estimate of drug-likeness (QED) is 0.395. The molecule has 8 nitrogen and oxygen atoms in total. The van der Waals surface area contributed by atoms with E-state index in [9.17, 15) is 9.59 Å². The minimum Gasteiger partial charge on any atom is -0.494 e. The first-order valence-corrected chi connectivity index (χ1v) is 11.2. The van der Waals surface area contributed by atoms with Crippen LogP contribution in [0, 0.1) is 0 Å². The summed E-state index contributed by atoms with van der Waals surface area (Å²) >= 11 is 1.13. The van der Waals surface area contributed by atoms with Gasteiger partial charge in [-0.25, -0.2) is 0 Å². The van der Waals surface area contributed by atoms with Gasteiger partial charge in [-0.15, -0.1) is 0 Å². The topological polar surface area (TPSA) is 92.0 Å². The Kier molecular flexibility index (Phi) is 6.69. The Morgan fingerprint density at radius 2 is 1.79 bits per heavy atom. The van der Waals surface area contributed by atoms with Crippen LogP contribution in [0.5, 0.6) is 17.2 Å². The molecule has 0 aliphatic rings. The Balaban J connectivity index is 1.67. The molecule has 170 valence electrons. The first kappa shape index (κ1) is 22.5. The molecular weight excluding hydrogens is 442 g/mol. The van der Waals surface area contributed by atoms with Gasteiger partial charge in [-0.2, -0.15) is 14.6 Å². The van der Waals surface area contributed by atoms with Gasteiger partial charge in [-0.1, -0.05) is 36.5 Å². The van der Waals surface area contributed by atoms with Crippen LogP contribution < -0.4 is 29.9 Å². The average Bonchev–Trinajstić information content (AvgIpc) is 3.12. The van der Waals surface area contributed by atoms with E-state index >= 15 is 0 Å². The van der Waals surface area contributed by atoms with Gasteiger partial charge in [0.15, 0.2) is 11.5 Å². The molecule has 4 aromatic rings. The van der Waals surface area contributed by atoms with Crippen molar-refractivity contribution in [3.05, 3.63) is 84.5 Å². The van der Waals surface area contributed by atoms with E-state index in [2.05, 4.69) is 10.1 Å². The predicted molar refractivity (Wildman–Crippen MR) is 127 cm³/mol. The molecule has 2 heterocycles. The summed E-state index contributed by atoms with van der Waals surface area (Å²) in [5.41, 5.74) is 1.03. The van der Waals surface area contributed by atoms with E-state index in [1.54, 1.807) is 32.4 Å². The van der Waals surface area contributed by atoms with Gasteiger partial charge in [0.05, 0.1) is 25.4 Å². The Hall–Kier alpha value is -3.72. The largest absolute Gasteiger partial charge is 0.494 e. The third-order valence-electron chi connectivity index (χ3n) is 4.92. The second-order valence-electron chi connectivity index (χ2n) is 7.26. The van der Waals surface area contributed by atoms with E-state index < -0.39 is 5.56 Å². The van der Waals surface area contributed by atoms with Crippen molar-refractivity contribution in [2.24, 2.45) is 0 Å². The monoisotopic (exact) mass is 465 g/mol. The van der Waals surface area contributed by atoms with E-state index in [0.717, 1.165) is 34.6 Å². The highest BCUT2D eigenvalue weighted by Gasteiger charge is 2.13. The van der Waals surface area contributed by atoms with Crippen LogP contribution >= 0.6 is 11.3 Å². The third kappa shape index (κ3) is 4.88. The minimum absolute atomic E-state index is 0.179. The molecule has 0 radical (unpaired) electrons. The number of benzene rings is 2. The van der Waals surface area contributed by atoms with Crippen molar-refractivity contribution in [3.63, 3.8) is 0 Å². The highest BCUT2D eigenvalue weighted by atomic mass is 32.1. The molecule has 0 atom stereocenters. The van der Waals surface area contributed by atoms with Crippen molar-refractivity contribution >= 4 is 22.4 Å². The molecule has 0 spiro atoms. The summed E-state index contributed by atoms with van der Waals surface area (Å²) in [5, 5.41) is 4.31. The summed E-state index contributed by atoms with van der Waals surface area (Å²) in [6.45, 7) is 2.70. The second kappa shape index (κ2) is 9.83. The fraction of sp³-hybridized carbons (Fsp3) is 0.250. The van der Waals surface area contributed by atoms with Crippen LogP contribution in [0.25, 0.3) is 11.0 Å². The van der Waals surface area contributed by atoms with Crippen LogP contribution in [0.1, 0.15) is 30.2 Å². The van der Waals surface area contributed by atoms with Crippen molar-refractivity contribution in [1.82, 2.24) is 14.6 Å². The van der Waals surface area contributed by atoms with Crippen LogP contribution in [-0.4, -0.2) is 35.4 Å². The molecule has 0 unspecified atom stereocenters. The number of fused-ring (bicyclic) bond motifs is 1. The Morgan fingerprint density at radius 1 is 1.03 bits per heavy atom. The lowest BCUT2D eigenvalue weighted by molar-refractivity contribution is 0.317. The van der Waals surface area contributed by atoms with Crippen molar-refractivity contribution in [1.29, 1.82) is 0 Å². The third-order valence-corrected chi connectivity index (χ3v) is 5.88. The van der Waals surface area contributed by atoms with E-state index in [1.165, 1.54) is 4.52 Å². The van der Waals surface area contributed by atoms with E-state index in [1.807, 2.05) is 37.3 Å². The fourth-order valence-corrected chi connectivity index (χ4v) is 4.17. The van der Waals surface area contributed by atoms with Crippen LogP contribution in [0.3, 0.4) is 0 Å². The van der Waals surface area contributed by atoms with Crippen LogP contribution in [0.15, 0.2) is 52.1 Å². The summed E-state index contributed by atoms with van der Waals surface area (Å²) in [5.74, 6) is 1.91. The molecule has 2 aromatic heterocycles. The molecule has 0 saturated carbocycles. The molecule has 0 amide bonds. The first-order valence-electron chi connectivity index (χ1n) is 10.4. The standard InChI is InChI=1S/C24H23N3O5S/c1-4-11-32-17-8-5-15(6-9-17)14-21-23(29)27-24(33-21)25-22(28)18(26-27)12-16-7-10-19(30-2)20(13-16)31-3/h5-10,13-14H,4,11-12H2,1-3H3/b21-14+. The van der Waals surface area contributed by atoms with Gasteiger partial charge in [0.1, 0.15) is 11.4 Å². The van der Waals surface area contributed by atoms with E-state index in [4.69, 9.17) is 14.2 Å². The minimum atomic E-state index is -0.463. The smallest absolute Gasteiger partial charge is 0.296 e. The van der Waals surface area contributed by atoms with Crippen molar-refractivity contribution in [2.75, 3.05) is 20.8 Å². The summed E-state index contributed by atoms with van der Waals surface area (Å²) < 4.78 is 17.8. The van der Waals surface area contributed by atoms with E-state index in [-0.39, 0.29) is 22.6 Å². The Labute approximate surface area is 193 Å². The summed E-state index contributed by atoms with van der Waals surface area (Å²) in [7, 11) is 3.10. The SMILES string of the molecule is CCCOc1ccc(/C=c2/sc3nc(=O)c(Cc4ccc(OC)c(OC)c4)nn3c2=O)cc1. The van der Waals surface area contributed by atoms with Crippen molar-refractivity contribution in [3.8, 4) is 17.2 Å². The maximum Gasteiger partial charge on any atom is 0.296 e. The molecule has 0 bridgehead atoms. The number of hydrogen-bond donors (Lipinski definition) is 0. The molecule has 0 aliphatic heterocycles. The van der Waals surface area contributed by atoms with Crippen molar-refractivity contribution < 1.29 is 14.2 Å². The van der Waals surface area contributed by atoms with Gasteiger partial charge in [-0.3, -0.25) is 9.59 Å². The van der Waals surface area contributed by atoms with Crippen LogP contribution in [0.4, 0.5) is 0 Å². The van der Waals surface area contributed by atoms with Crippen molar-refractivity contribution in [2.45, 2.75) is 19.8 Å². The molecule has 0 saturated heterocycles. The van der Waals surface area contributed by atoms with Gasteiger partial charge in [-0.05, 0) is 47.9 Å². The maximum absolute atomic E-state index is 12.9. The zero-order valence-corrected chi connectivity index (χ0v) is 19.3. The molecule has 9 heteroatoms. The van der Waals surface area contributed by atoms with Gasteiger partial charge in [0.2, 0.25) is 4.96 Å². The number of nitrogens with zero attached hydrogens (tertiary/aromatic N) is 3. The van der Waals surface area contributed by atoms with Crippen LogP contribution in [0.2, 0.25) is 0 Å². The van der Waals surface area contributed by atoms with Gasteiger partial charge in [0, 0.05) is 6.42 Å². The van der Waals surface area contributed by atoms with Gasteiger partial charge >= 0.3 is 0 Å². The molecule has 0 fully saturated rings. The van der Waals surface area contributed by atoms with Gasteiger partial charge < -0.3 is 14.2 Å². The van der Waals surface area contributed by atoms with Crippen LogP contribution in [-0.2, 0) is 6.42 Å². The normalized spacial score (nSPS) is 11.7. The summed E-state index contributed by atoms with van der Waals surface area (Å²) in [4.78, 5) is 29.8. The highest BCUT2D eigenvalue weighted by molar-refractivity contribution is 7.15. The fourth-order valence-electron chi connectivity index (χ4n) is 3.27. The lowest BCUT2D eigenvalue weighted by atomic mass is 10.1. The first-order chi connectivity index (χ1) is 16.0. The number of thiazole rings is 1. The van der Waals surface area contributed by atoms with Gasteiger partial charge in [0.25, 0.3) is 11.1 Å². The molecule has 0 aliphatic carbocycles.